The van der Waals surface area contributed by atoms with Gasteiger partial charge in [-0.05, 0) is 13.8 Å². The van der Waals surface area contributed by atoms with Gasteiger partial charge in [-0.3, -0.25) is 0 Å². The van der Waals surface area contributed by atoms with E-state index in [9.17, 15) is 0 Å². The smallest absolute Gasteiger partial charge is 0.231 e. The standard InChI is InChI=1S/C11H19N7/c1-5-18(7-8(2)6-12)11-15-9(13)14-10(16-11)17(3)4/h8H,5,7H2,1-4H3,(H2,13,14,15,16). The maximum atomic E-state index is 8.86. The highest BCUT2D eigenvalue weighted by Gasteiger charge is 2.14. The molecule has 0 bridgehead atoms. The summed E-state index contributed by atoms with van der Waals surface area (Å²) in [6.45, 7) is 5.13. The minimum Gasteiger partial charge on any atom is -0.368 e. The molecule has 1 heterocycles. The van der Waals surface area contributed by atoms with Crippen molar-refractivity contribution in [3.05, 3.63) is 0 Å². The number of aromatic nitrogens is 3. The summed E-state index contributed by atoms with van der Waals surface area (Å²) in [5, 5.41) is 8.86. The number of rotatable bonds is 5. The van der Waals surface area contributed by atoms with Gasteiger partial charge in [-0.2, -0.15) is 20.2 Å². The highest BCUT2D eigenvalue weighted by molar-refractivity contribution is 5.42. The first-order chi connectivity index (χ1) is 8.47. The van der Waals surface area contributed by atoms with E-state index in [1.54, 1.807) is 4.90 Å². The van der Waals surface area contributed by atoms with Crippen LogP contribution in [0.5, 0.6) is 0 Å². The van der Waals surface area contributed by atoms with Crippen LogP contribution in [-0.4, -0.2) is 42.1 Å². The van der Waals surface area contributed by atoms with Crippen molar-refractivity contribution in [3.8, 4) is 6.07 Å². The van der Waals surface area contributed by atoms with Crippen molar-refractivity contribution in [2.45, 2.75) is 13.8 Å². The fourth-order valence-electron chi connectivity index (χ4n) is 1.43. The molecule has 0 saturated carbocycles. The third-order valence-corrected chi connectivity index (χ3v) is 2.41. The van der Waals surface area contributed by atoms with E-state index in [2.05, 4.69) is 21.0 Å². The predicted molar refractivity (Wildman–Crippen MR) is 71.2 cm³/mol. The molecule has 18 heavy (non-hydrogen) atoms. The van der Waals surface area contributed by atoms with Crippen LogP contribution in [0.3, 0.4) is 0 Å². The Labute approximate surface area is 107 Å². The van der Waals surface area contributed by atoms with Gasteiger partial charge in [0.05, 0.1) is 12.0 Å². The van der Waals surface area contributed by atoms with Crippen molar-refractivity contribution in [3.63, 3.8) is 0 Å². The summed E-state index contributed by atoms with van der Waals surface area (Å²) in [5.41, 5.74) is 5.67. The number of nitrogens with zero attached hydrogens (tertiary/aromatic N) is 6. The van der Waals surface area contributed by atoms with Gasteiger partial charge in [0, 0.05) is 27.2 Å². The molecule has 0 saturated heterocycles. The molecule has 0 aromatic carbocycles. The molecule has 1 unspecified atom stereocenters. The molecule has 0 aliphatic heterocycles. The minimum absolute atomic E-state index is 0.0919. The van der Waals surface area contributed by atoms with Gasteiger partial charge in [-0.25, -0.2) is 0 Å². The van der Waals surface area contributed by atoms with Crippen LogP contribution >= 0.6 is 0 Å². The molecule has 1 aromatic heterocycles. The summed E-state index contributed by atoms with van der Waals surface area (Å²) in [5.74, 6) is 1.12. The molecule has 98 valence electrons. The second-order valence-corrected chi connectivity index (χ2v) is 4.26. The van der Waals surface area contributed by atoms with Crippen molar-refractivity contribution in [1.29, 1.82) is 5.26 Å². The van der Waals surface area contributed by atoms with E-state index in [1.165, 1.54) is 0 Å². The number of nitrogens with two attached hydrogens (primary N) is 1. The Balaban J connectivity index is 3.02. The summed E-state index contributed by atoms with van der Waals surface area (Å²) in [6.07, 6.45) is 0. The Hall–Kier alpha value is -2.10. The molecular formula is C11H19N7. The summed E-state index contributed by atoms with van der Waals surface area (Å²) in [4.78, 5) is 16.2. The van der Waals surface area contributed by atoms with Crippen LogP contribution in [0.1, 0.15) is 13.8 Å². The van der Waals surface area contributed by atoms with Crippen LogP contribution in [-0.2, 0) is 0 Å². The van der Waals surface area contributed by atoms with Gasteiger partial charge in [0.2, 0.25) is 17.8 Å². The maximum Gasteiger partial charge on any atom is 0.231 e. The van der Waals surface area contributed by atoms with Crippen LogP contribution < -0.4 is 15.5 Å². The van der Waals surface area contributed by atoms with E-state index in [0.29, 0.717) is 25.0 Å². The third-order valence-electron chi connectivity index (χ3n) is 2.41. The Morgan fingerprint density at radius 2 is 1.89 bits per heavy atom. The molecule has 0 spiro atoms. The zero-order valence-corrected chi connectivity index (χ0v) is 11.3. The van der Waals surface area contributed by atoms with Crippen LogP contribution in [0.4, 0.5) is 17.8 Å². The Kier molecular flexibility index (Phi) is 4.66. The number of hydrogen-bond acceptors (Lipinski definition) is 7. The van der Waals surface area contributed by atoms with Crippen molar-refractivity contribution in [2.75, 3.05) is 42.7 Å². The van der Waals surface area contributed by atoms with Crippen molar-refractivity contribution >= 4 is 17.8 Å². The van der Waals surface area contributed by atoms with E-state index < -0.39 is 0 Å². The first kappa shape index (κ1) is 14.0. The molecule has 0 fully saturated rings. The number of anilines is 3. The molecular weight excluding hydrogens is 230 g/mol. The first-order valence-electron chi connectivity index (χ1n) is 5.81. The van der Waals surface area contributed by atoms with Gasteiger partial charge >= 0.3 is 0 Å². The zero-order chi connectivity index (χ0) is 13.7. The van der Waals surface area contributed by atoms with Gasteiger partial charge in [0.25, 0.3) is 0 Å². The Bertz CT molecular complexity index is 438. The van der Waals surface area contributed by atoms with E-state index in [4.69, 9.17) is 11.0 Å². The molecule has 1 rings (SSSR count). The highest BCUT2D eigenvalue weighted by Crippen LogP contribution is 2.14. The molecule has 1 aromatic rings. The predicted octanol–water partition coefficient (Wildman–Crippen LogP) is 0.506. The lowest BCUT2D eigenvalue weighted by Crippen LogP contribution is -2.30. The van der Waals surface area contributed by atoms with E-state index in [-0.39, 0.29) is 11.9 Å². The Morgan fingerprint density at radius 1 is 1.28 bits per heavy atom. The lowest BCUT2D eigenvalue weighted by Gasteiger charge is -2.23. The van der Waals surface area contributed by atoms with E-state index in [0.717, 1.165) is 0 Å². The molecule has 0 radical (unpaired) electrons. The SMILES string of the molecule is CCN(CC(C)C#N)c1nc(N)nc(N(C)C)n1. The summed E-state index contributed by atoms with van der Waals surface area (Å²) in [7, 11) is 3.68. The average Bonchev–Trinajstić information content (AvgIpc) is 2.34. The fraction of sp³-hybridized carbons (Fsp3) is 0.636. The second kappa shape index (κ2) is 6.00. The lowest BCUT2D eigenvalue weighted by molar-refractivity contribution is 0.669. The van der Waals surface area contributed by atoms with Crippen LogP contribution in [0, 0.1) is 17.2 Å². The highest BCUT2D eigenvalue weighted by atomic mass is 15.3. The average molecular weight is 249 g/mol. The molecule has 0 amide bonds. The van der Waals surface area contributed by atoms with Crippen LogP contribution in [0.15, 0.2) is 0 Å². The molecule has 1 atom stereocenters. The summed E-state index contributed by atoms with van der Waals surface area (Å²) >= 11 is 0. The third kappa shape index (κ3) is 3.45. The molecule has 0 aliphatic rings. The van der Waals surface area contributed by atoms with E-state index >= 15 is 0 Å². The first-order valence-corrected chi connectivity index (χ1v) is 5.81. The van der Waals surface area contributed by atoms with Gasteiger partial charge in [-0.1, -0.05) is 0 Å². The normalized spacial score (nSPS) is 11.7. The van der Waals surface area contributed by atoms with Gasteiger partial charge in [-0.15, -0.1) is 0 Å². The maximum absolute atomic E-state index is 8.86. The number of hydrogen-bond donors (Lipinski definition) is 1. The quantitative estimate of drug-likeness (QED) is 0.812. The summed E-state index contributed by atoms with van der Waals surface area (Å²) in [6, 6.07) is 2.20. The monoisotopic (exact) mass is 249 g/mol. The Morgan fingerprint density at radius 3 is 2.39 bits per heavy atom. The zero-order valence-electron chi connectivity index (χ0n) is 11.3. The topological polar surface area (TPSA) is 95.0 Å². The van der Waals surface area contributed by atoms with Crippen molar-refractivity contribution in [2.24, 2.45) is 5.92 Å². The molecule has 7 nitrogen and oxygen atoms in total. The van der Waals surface area contributed by atoms with Crippen molar-refractivity contribution < 1.29 is 0 Å². The van der Waals surface area contributed by atoms with Crippen LogP contribution in [0.2, 0.25) is 0 Å². The molecule has 2 N–H and O–H groups in total. The second-order valence-electron chi connectivity index (χ2n) is 4.26. The number of nitriles is 1. The summed E-state index contributed by atoms with van der Waals surface area (Å²) < 4.78 is 0. The molecule has 7 heteroatoms. The van der Waals surface area contributed by atoms with E-state index in [1.807, 2.05) is 32.8 Å². The van der Waals surface area contributed by atoms with Gasteiger partial charge in [0.15, 0.2) is 0 Å². The van der Waals surface area contributed by atoms with Crippen molar-refractivity contribution in [1.82, 2.24) is 15.0 Å². The fourth-order valence-corrected chi connectivity index (χ4v) is 1.43. The minimum atomic E-state index is -0.0919. The largest absolute Gasteiger partial charge is 0.368 e. The molecule has 0 aliphatic carbocycles. The number of nitrogen functional groups attached to an aromatic ring is 1. The lowest BCUT2D eigenvalue weighted by atomic mass is 10.2. The van der Waals surface area contributed by atoms with Gasteiger partial charge in [0.1, 0.15) is 0 Å². The van der Waals surface area contributed by atoms with Crippen LogP contribution in [0.25, 0.3) is 0 Å². The van der Waals surface area contributed by atoms with Gasteiger partial charge < -0.3 is 15.5 Å².